The SMILES string of the molecule is NS(=O)(=O)CCNC(=O)C1CSC(=O)N1. The summed E-state index contributed by atoms with van der Waals surface area (Å²) in [5.74, 6) is -0.343. The van der Waals surface area contributed by atoms with Crippen molar-refractivity contribution in [1.82, 2.24) is 10.6 Å². The third kappa shape index (κ3) is 4.49. The molecule has 1 aliphatic heterocycles. The molecule has 0 aromatic rings. The molecule has 0 aromatic carbocycles. The lowest BCUT2D eigenvalue weighted by molar-refractivity contribution is -0.122. The van der Waals surface area contributed by atoms with Crippen LogP contribution < -0.4 is 15.8 Å². The molecule has 0 aliphatic carbocycles. The molecule has 1 atom stereocenters. The lowest BCUT2D eigenvalue weighted by Crippen LogP contribution is -2.44. The second kappa shape index (κ2) is 4.81. The van der Waals surface area contributed by atoms with E-state index in [4.69, 9.17) is 5.14 Å². The van der Waals surface area contributed by atoms with Gasteiger partial charge in [0.05, 0.1) is 5.75 Å². The van der Waals surface area contributed by atoms with Gasteiger partial charge in [-0.15, -0.1) is 0 Å². The van der Waals surface area contributed by atoms with Crippen molar-refractivity contribution < 1.29 is 18.0 Å². The topological polar surface area (TPSA) is 118 Å². The summed E-state index contributed by atoms with van der Waals surface area (Å²) in [4.78, 5) is 22.0. The quantitative estimate of drug-likeness (QED) is 0.547. The summed E-state index contributed by atoms with van der Waals surface area (Å²) in [6.45, 7) is -0.0469. The smallest absolute Gasteiger partial charge is 0.279 e. The fourth-order valence-electron chi connectivity index (χ4n) is 0.966. The minimum absolute atomic E-state index is 0.0469. The number of primary sulfonamides is 1. The molecule has 0 saturated carbocycles. The zero-order chi connectivity index (χ0) is 11.5. The van der Waals surface area contributed by atoms with Crippen molar-refractivity contribution >= 4 is 32.9 Å². The summed E-state index contributed by atoms with van der Waals surface area (Å²) < 4.78 is 21.1. The van der Waals surface area contributed by atoms with Crippen LogP contribution >= 0.6 is 11.8 Å². The van der Waals surface area contributed by atoms with Crippen molar-refractivity contribution in [2.24, 2.45) is 5.14 Å². The van der Waals surface area contributed by atoms with Gasteiger partial charge in [-0.2, -0.15) is 0 Å². The summed E-state index contributed by atoms with van der Waals surface area (Å²) in [6.07, 6.45) is 0. The first-order valence-electron chi connectivity index (χ1n) is 4.10. The van der Waals surface area contributed by atoms with E-state index in [0.29, 0.717) is 5.75 Å². The lowest BCUT2D eigenvalue weighted by Gasteiger charge is -2.09. The van der Waals surface area contributed by atoms with E-state index in [1.165, 1.54) is 0 Å². The van der Waals surface area contributed by atoms with Crippen LogP contribution in [0.5, 0.6) is 0 Å². The minimum atomic E-state index is -3.56. The van der Waals surface area contributed by atoms with Crippen LogP contribution in [-0.2, 0) is 14.8 Å². The Balaban J connectivity index is 2.28. The van der Waals surface area contributed by atoms with Gasteiger partial charge in [-0.05, 0) is 0 Å². The molecule has 7 nitrogen and oxygen atoms in total. The number of thioether (sulfide) groups is 1. The number of nitrogens with two attached hydrogens (primary N) is 1. The van der Waals surface area contributed by atoms with Gasteiger partial charge in [-0.25, -0.2) is 13.6 Å². The number of hydrogen-bond donors (Lipinski definition) is 3. The van der Waals surface area contributed by atoms with E-state index in [-0.39, 0.29) is 17.5 Å². The lowest BCUT2D eigenvalue weighted by atomic mass is 10.3. The summed E-state index contributed by atoms with van der Waals surface area (Å²) in [6, 6.07) is -0.581. The first-order chi connectivity index (χ1) is 6.88. The molecule has 1 unspecified atom stereocenters. The number of hydrogen-bond acceptors (Lipinski definition) is 5. The number of carbonyl (C=O) groups excluding carboxylic acids is 2. The zero-order valence-electron chi connectivity index (χ0n) is 7.73. The Hall–Kier alpha value is -0.800. The van der Waals surface area contributed by atoms with E-state index in [2.05, 4.69) is 10.6 Å². The third-order valence-electron chi connectivity index (χ3n) is 1.68. The first-order valence-corrected chi connectivity index (χ1v) is 6.80. The molecule has 1 aliphatic rings. The van der Waals surface area contributed by atoms with E-state index >= 15 is 0 Å². The Bertz CT molecular complexity index is 367. The van der Waals surface area contributed by atoms with Gasteiger partial charge in [0.2, 0.25) is 15.9 Å². The number of carbonyl (C=O) groups is 2. The molecule has 1 heterocycles. The molecule has 0 radical (unpaired) electrons. The highest BCUT2D eigenvalue weighted by atomic mass is 32.2. The van der Waals surface area contributed by atoms with Crippen molar-refractivity contribution in [1.29, 1.82) is 0 Å². The molecule has 86 valence electrons. The molecular formula is C6H11N3O4S2. The molecular weight excluding hydrogens is 242 g/mol. The van der Waals surface area contributed by atoms with Gasteiger partial charge in [-0.3, -0.25) is 9.59 Å². The monoisotopic (exact) mass is 253 g/mol. The average molecular weight is 253 g/mol. The summed E-state index contributed by atoms with van der Waals surface area (Å²) in [5, 5.41) is 9.30. The molecule has 1 saturated heterocycles. The van der Waals surface area contributed by atoms with E-state index < -0.39 is 22.0 Å². The molecule has 1 rings (SSSR count). The van der Waals surface area contributed by atoms with Crippen LogP contribution in [0.2, 0.25) is 0 Å². The van der Waals surface area contributed by atoms with Crippen LogP contribution in [0.3, 0.4) is 0 Å². The number of nitrogens with one attached hydrogen (secondary N) is 2. The highest BCUT2D eigenvalue weighted by Gasteiger charge is 2.27. The maximum Gasteiger partial charge on any atom is 0.279 e. The van der Waals surface area contributed by atoms with Crippen molar-refractivity contribution in [3.05, 3.63) is 0 Å². The molecule has 2 amide bonds. The van der Waals surface area contributed by atoms with Crippen LogP contribution in [-0.4, -0.2) is 43.7 Å². The van der Waals surface area contributed by atoms with Crippen molar-refractivity contribution in [3.63, 3.8) is 0 Å². The van der Waals surface area contributed by atoms with E-state index in [9.17, 15) is 18.0 Å². The average Bonchev–Trinajstić information content (AvgIpc) is 2.49. The molecule has 4 N–H and O–H groups in total. The Labute approximate surface area is 91.2 Å². The Morgan fingerprint density at radius 3 is 2.80 bits per heavy atom. The molecule has 1 fully saturated rings. The van der Waals surface area contributed by atoms with Crippen LogP contribution in [0, 0.1) is 0 Å². The second-order valence-corrected chi connectivity index (χ2v) is 5.68. The Kier molecular flexibility index (Phi) is 3.94. The van der Waals surface area contributed by atoms with E-state index in [0.717, 1.165) is 11.8 Å². The molecule has 0 spiro atoms. The van der Waals surface area contributed by atoms with Gasteiger partial charge >= 0.3 is 0 Å². The normalized spacial score (nSPS) is 21.1. The number of rotatable bonds is 4. The summed E-state index contributed by atoms with van der Waals surface area (Å²) >= 11 is 1.02. The predicted molar refractivity (Wildman–Crippen MR) is 55.8 cm³/mol. The Morgan fingerprint density at radius 2 is 2.33 bits per heavy atom. The van der Waals surface area contributed by atoms with Gasteiger partial charge < -0.3 is 10.6 Å². The maximum atomic E-state index is 11.3. The zero-order valence-corrected chi connectivity index (χ0v) is 9.36. The van der Waals surface area contributed by atoms with Crippen molar-refractivity contribution in [3.8, 4) is 0 Å². The highest BCUT2D eigenvalue weighted by molar-refractivity contribution is 8.14. The third-order valence-corrected chi connectivity index (χ3v) is 3.33. The molecule has 15 heavy (non-hydrogen) atoms. The van der Waals surface area contributed by atoms with Crippen LogP contribution in [0.15, 0.2) is 0 Å². The summed E-state index contributed by atoms with van der Waals surface area (Å²) in [5.41, 5.74) is 0. The van der Waals surface area contributed by atoms with Crippen molar-refractivity contribution in [2.45, 2.75) is 6.04 Å². The number of amides is 2. The van der Waals surface area contributed by atoms with Crippen LogP contribution in [0.25, 0.3) is 0 Å². The van der Waals surface area contributed by atoms with Gasteiger partial charge in [-0.1, -0.05) is 11.8 Å². The standard InChI is InChI=1S/C6H11N3O4S2/c7-15(12,13)2-1-8-5(10)4-3-14-6(11)9-4/h4H,1-3H2,(H,8,10)(H,9,11)(H2,7,12,13). The van der Waals surface area contributed by atoms with Gasteiger partial charge in [0, 0.05) is 12.3 Å². The fourth-order valence-corrected chi connectivity index (χ4v) is 2.13. The second-order valence-electron chi connectivity index (χ2n) is 2.95. The largest absolute Gasteiger partial charge is 0.353 e. The number of sulfonamides is 1. The Morgan fingerprint density at radius 1 is 1.67 bits per heavy atom. The van der Waals surface area contributed by atoms with Crippen molar-refractivity contribution in [2.75, 3.05) is 18.1 Å². The highest BCUT2D eigenvalue weighted by Crippen LogP contribution is 2.12. The van der Waals surface area contributed by atoms with E-state index in [1.807, 2.05) is 0 Å². The first kappa shape index (κ1) is 12.3. The van der Waals surface area contributed by atoms with Gasteiger partial charge in [0.25, 0.3) is 5.24 Å². The summed E-state index contributed by atoms with van der Waals surface area (Å²) in [7, 11) is -3.56. The van der Waals surface area contributed by atoms with Crippen LogP contribution in [0.1, 0.15) is 0 Å². The molecule has 0 bridgehead atoms. The molecule has 9 heteroatoms. The molecule has 0 aromatic heterocycles. The van der Waals surface area contributed by atoms with Gasteiger partial charge in [0.1, 0.15) is 6.04 Å². The predicted octanol–water partition coefficient (Wildman–Crippen LogP) is -1.78. The van der Waals surface area contributed by atoms with Gasteiger partial charge in [0.15, 0.2) is 0 Å². The maximum absolute atomic E-state index is 11.3. The van der Waals surface area contributed by atoms with Crippen LogP contribution in [0.4, 0.5) is 4.79 Å². The minimum Gasteiger partial charge on any atom is -0.353 e. The van der Waals surface area contributed by atoms with E-state index in [1.54, 1.807) is 0 Å². The fraction of sp³-hybridized carbons (Fsp3) is 0.667.